The van der Waals surface area contributed by atoms with Gasteiger partial charge in [-0.15, -0.1) is 0 Å². The highest BCUT2D eigenvalue weighted by atomic mass is 16.8. The predicted octanol–water partition coefficient (Wildman–Crippen LogP) is 1.24. The zero-order valence-electron chi connectivity index (χ0n) is 36.5. The molecule has 1 spiro atoms. The molecule has 0 aromatic rings. The third kappa shape index (κ3) is 7.33. The highest BCUT2D eigenvalue weighted by Crippen LogP contribution is 2.71. The molecule has 9 rings (SSSR count). The molecule has 348 valence electrons. The lowest BCUT2D eigenvalue weighted by molar-refractivity contribution is -0.388. The highest BCUT2D eigenvalue weighted by Gasteiger charge is 2.69. The van der Waals surface area contributed by atoms with Crippen molar-refractivity contribution in [1.82, 2.24) is 0 Å². The van der Waals surface area contributed by atoms with E-state index < -0.39 is 111 Å². The maximum Gasteiger partial charge on any atom is 0.187 e. The van der Waals surface area contributed by atoms with Crippen LogP contribution in [0, 0.1) is 46.3 Å². The summed E-state index contributed by atoms with van der Waals surface area (Å²) in [7, 11) is 0. The Balaban J connectivity index is 0.961. The number of rotatable bonds is 7. The highest BCUT2D eigenvalue weighted by molar-refractivity contribution is 5.29. The lowest BCUT2D eigenvalue weighted by atomic mass is 9.46. The predicted molar refractivity (Wildman–Crippen MR) is 213 cm³/mol. The van der Waals surface area contributed by atoms with Gasteiger partial charge in [-0.25, -0.2) is 0 Å². The van der Waals surface area contributed by atoms with Gasteiger partial charge in [-0.05, 0) is 111 Å². The Labute approximate surface area is 358 Å². The van der Waals surface area contributed by atoms with Crippen molar-refractivity contribution in [1.29, 1.82) is 0 Å². The van der Waals surface area contributed by atoms with Crippen molar-refractivity contribution in [3.63, 3.8) is 0 Å². The van der Waals surface area contributed by atoms with Crippen LogP contribution in [0.2, 0.25) is 0 Å². The Hall–Kier alpha value is -0.900. The molecular formula is C45H72O16. The van der Waals surface area contributed by atoms with Gasteiger partial charge in [0.1, 0.15) is 61.0 Å². The Morgan fingerprint density at radius 1 is 0.689 bits per heavy atom. The molecule has 5 saturated heterocycles. The van der Waals surface area contributed by atoms with Crippen molar-refractivity contribution < 1.29 is 78.7 Å². The van der Waals surface area contributed by atoms with E-state index in [2.05, 4.69) is 33.8 Å². The van der Waals surface area contributed by atoms with Gasteiger partial charge in [0.2, 0.25) is 0 Å². The molecule has 5 heterocycles. The number of hydrogen-bond donors (Lipinski definition) is 8. The second kappa shape index (κ2) is 16.8. The molecule has 0 aromatic heterocycles. The van der Waals surface area contributed by atoms with E-state index in [0.717, 1.165) is 58.0 Å². The van der Waals surface area contributed by atoms with Gasteiger partial charge >= 0.3 is 0 Å². The third-order valence-corrected chi connectivity index (χ3v) is 17.6. The van der Waals surface area contributed by atoms with E-state index >= 15 is 0 Å². The minimum atomic E-state index is -1.71. The summed E-state index contributed by atoms with van der Waals surface area (Å²) in [5.41, 5.74) is 1.18. The Morgan fingerprint density at radius 2 is 1.34 bits per heavy atom. The van der Waals surface area contributed by atoms with Crippen molar-refractivity contribution in [2.75, 3.05) is 13.2 Å². The van der Waals surface area contributed by atoms with Crippen molar-refractivity contribution >= 4 is 0 Å². The van der Waals surface area contributed by atoms with Crippen LogP contribution in [0.3, 0.4) is 0 Å². The normalized spacial score (nSPS) is 58.4. The van der Waals surface area contributed by atoms with E-state index in [4.69, 9.17) is 37.9 Å². The van der Waals surface area contributed by atoms with Gasteiger partial charge in [-0.2, -0.15) is 0 Å². The second-order valence-electron chi connectivity index (χ2n) is 21.0. The topological polar surface area (TPSA) is 236 Å². The zero-order chi connectivity index (χ0) is 43.5. The molecule has 0 radical (unpaired) electrons. The first kappa shape index (κ1) is 45.3. The van der Waals surface area contributed by atoms with Gasteiger partial charge in [0.25, 0.3) is 0 Å². The van der Waals surface area contributed by atoms with E-state index in [9.17, 15) is 40.9 Å². The van der Waals surface area contributed by atoms with Gasteiger partial charge < -0.3 is 78.7 Å². The lowest BCUT2D eigenvalue weighted by Crippen LogP contribution is -2.66. The van der Waals surface area contributed by atoms with Gasteiger partial charge in [0.15, 0.2) is 24.7 Å². The smallest absolute Gasteiger partial charge is 0.187 e. The fourth-order valence-electron chi connectivity index (χ4n) is 14.1. The van der Waals surface area contributed by atoms with Gasteiger partial charge in [-0.1, -0.05) is 33.8 Å². The molecule has 0 aromatic carbocycles. The monoisotopic (exact) mass is 868 g/mol. The third-order valence-electron chi connectivity index (χ3n) is 17.6. The molecule has 26 atom stereocenters. The number of hydrogen-bond acceptors (Lipinski definition) is 16. The molecule has 8 N–H and O–H groups in total. The summed E-state index contributed by atoms with van der Waals surface area (Å²) in [4.78, 5) is 0. The Bertz CT molecular complexity index is 1590. The maximum absolute atomic E-state index is 12.1. The first-order valence-electron chi connectivity index (χ1n) is 23.2. The van der Waals surface area contributed by atoms with E-state index in [0.29, 0.717) is 41.9 Å². The van der Waals surface area contributed by atoms with Gasteiger partial charge in [0.05, 0.1) is 37.6 Å². The molecule has 16 nitrogen and oxygen atoms in total. The number of fused-ring (bicyclic) bond motifs is 7. The molecule has 61 heavy (non-hydrogen) atoms. The SMILES string of the molecule is C[C@@H]1CC[C@@]2(OC1)OC1CC3C4CC=C5[C@@H](O[C@@H]6O[C@H](CO)[C@@H](O[C@H]7O[C@H](C)[C@@H](O)[C@H](O)[C@@H]7O)[C@@H](O)[C@H]6O[C@H]6O[C@@H](C)[C@@H](O)[C@H](O)[C@@H]6O)CCC[C@]5(C)C4CC[C@]3(C)C1[C@@H]2C. The van der Waals surface area contributed by atoms with Crippen LogP contribution >= 0.6 is 0 Å². The summed E-state index contributed by atoms with van der Waals surface area (Å²) in [6, 6.07) is 0. The van der Waals surface area contributed by atoms with Crippen LogP contribution < -0.4 is 0 Å². The molecule has 16 heteroatoms. The molecule has 0 bridgehead atoms. The average molecular weight is 869 g/mol. The minimum absolute atomic E-state index is 0.156. The summed E-state index contributed by atoms with van der Waals surface area (Å²) in [5, 5.41) is 86.4. The van der Waals surface area contributed by atoms with Crippen LogP contribution in [-0.2, 0) is 37.9 Å². The molecule has 4 aliphatic carbocycles. The molecule has 5 aliphatic heterocycles. The van der Waals surface area contributed by atoms with Gasteiger partial charge in [-0.3, -0.25) is 0 Å². The number of aliphatic hydroxyl groups is 8. The average Bonchev–Trinajstić information content (AvgIpc) is 3.68. The van der Waals surface area contributed by atoms with Crippen LogP contribution in [-0.4, -0.2) is 164 Å². The van der Waals surface area contributed by atoms with Crippen LogP contribution in [0.1, 0.15) is 99.3 Å². The van der Waals surface area contributed by atoms with Crippen molar-refractivity contribution in [3.8, 4) is 0 Å². The summed E-state index contributed by atoms with van der Waals surface area (Å²) in [6.07, 6.45) is -10.5. The Morgan fingerprint density at radius 3 is 1.97 bits per heavy atom. The molecule has 9 aliphatic rings. The van der Waals surface area contributed by atoms with Crippen molar-refractivity contribution in [2.24, 2.45) is 46.3 Å². The first-order chi connectivity index (χ1) is 28.9. The van der Waals surface area contributed by atoms with Crippen LogP contribution in [0.5, 0.6) is 0 Å². The number of ether oxygens (including phenoxy) is 8. The van der Waals surface area contributed by atoms with E-state index in [1.165, 1.54) is 19.4 Å². The fourth-order valence-corrected chi connectivity index (χ4v) is 14.1. The summed E-state index contributed by atoms with van der Waals surface area (Å²) in [6.45, 7) is 12.7. The van der Waals surface area contributed by atoms with Crippen LogP contribution in [0.25, 0.3) is 0 Å². The van der Waals surface area contributed by atoms with Gasteiger partial charge in [0, 0.05) is 12.3 Å². The zero-order valence-corrected chi connectivity index (χ0v) is 36.5. The van der Waals surface area contributed by atoms with Crippen LogP contribution in [0.15, 0.2) is 11.6 Å². The fraction of sp³-hybridized carbons (Fsp3) is 0.956. The largest absolute Gasteiger partial charge is 0.394 e. The van der Waals surface area contributed by atoms with E-state index in [1.54, 1.807) is 0 Å². The standard InChI is InChI=1S/C45H72O16/c1-19-11-15-45(54-18-19)20(2)30-28(61-45)16-26-23-9-10-25-27(8-7-13-43(25,5)24(23)12-14-44(26,30)6)57-42-39(60-41-36(52)34(50)32(48)22(4)56-41)37(53)38(29(17-46)58-42)59-40-35(51)33(49)31(47)21(3)55-40/h10,19-24,26-42,46-53H,7-9,11-18H2,1-6H3/t19-,20+,21-,22+,23?,24?,26?,27+,28?,29-,30?,31-,32-,33+,34+,35+,36+,37-,38-,39-,40-,41-,42-,43-,44+,45-/m1/s1. The van der Waals surface area contributed by atoms with E-state index in [1.807, 2.05) is 0 Å². The van der Waals surface area contributed by atoms with Crippen molar-refractivity contribution in [2.45, 2.75) is 209 Å². The Kier molecular flexibility index (Phi) is 12.4. The molecule has 5 unspecified atom stereocenters. The molecule has 3 saturated carbocycles. The second-order valence-corrected chi connectivity index (χ2v) is 21.0. The van der Waals surface area contributed by atoms with Crippen molar-refractivity contribution in [3.05, 3.63) is 11.6 Å². The minimum Gasteiger partial charge on any atom is -0.394 e. The molecule has 8 fully saturated rings. The first-order valence-corrected chi connectivity index (χ1v) is 23.2. The summed E-state index contributed by atoms with van der Waals surface area (Å²) < 4.78 is 50.6. The summed E-state index contributed by atoms with van der Waals surface area (Å²) >= 11 is 0. The quantitative estimate of drug-likeness (QED) is 0.168. The number of allylic oxidation sites excluding steroid dienone is 1. The maximum atomic E-state index is 12.1. The molecular weight excluding hydrogens is 796 g/mol. The van der Waals surface area contributed by atoms with Crippen LogP contribution in [0.4, 0.5) is 0 Å². The van der Waals surface area contributed by atoms with E-state index in [-0.39, 0.29) is 16.9 Å². The molecule has 0 amide bonds. The summed E-state index contributed by atoms with van der Waals surface area (Å²) in [5.74, 6) is 2.33. The number of aliphatic hydroxyl groups excluding tert-OH is 8. The lowest BCUT2D eigenvalue weighted by Gasteiger charge is -2.59.